The predicted molar refractivity (Wildman–Crippen MR) is 132 cm³/mol. The number of methoxy groups -OCH3 is 1. The first-order chi connectivity index (χ1) is 16.1. The minimum absolute atomic E-state index is 0.00521. The van der Waals surface area contributed by atoms with E-state index < -0.39 is 5.92 Å². The fourth-order valence-corrected chi connectivity index (χ4v) is 5.77. The Morgan fingerprint density at radius 3 is 2.71 bits per heavy atom. The number of benzene rings is 1. The molecule has 1 aliphatic carbocycles. The van der Waals surface area contributed by atoms with E-state index in [-0.39, 0.29) is 22.7 Å². The quantitative estimate of drug-likeness (QED) is 0.557. The lowest BCUT2D eigenvalue weighted by Crippen LogP contribution is -2.33. The lowest BCUT2D eigenvalue weighted by Gasteiger charge is -2.37. The maximum Gasteiger partial charge on any atom is 0.205 e. The molecular formula is C26H29BrN4O3. The first-order valence-electron chi connectivity index (χ1n) is 11.2. The molecule has 2 N–H and O–H groups in total. The lowest BCUT2D eigenvalue weighted by molar-refractivity contribution is -0.119. The van der Waals surface area contributed by atoms with Crippen molar-refractivity contribution in [2.75, 3.05) is 7.11 Å². The van der Waals surface area contributed by atoms with Crippen molar-refractivity contribution in [3.63, 3.8) is 0 Å². The number of aromatic nitrogens is 2. The number of rotatable bonds is 5. The number of ketones is 1. The number of carbonyl (C=O) groups excluding carboxylic acids is 1. The standard InChI is InChI=1S/C26H29BrN4O3/c1-14-18(11-27)15(2)31(30-14)13-17-8-16(6-7-21(17)33-5)23-19(12-28)25(29)34-22-10-26(3,4)9-20(32)24(22)23/h6-8,23H,9-11,13,29H2,1-5H3/t23-/m0/s1. The van der Waals surface area contributed by atoms with Crippen molar-refractivity contribution in [1.82, 2.24) is 9.78 Å². The van der Waals surface area contributed by atoms with Gasteiger partial charge in [-0.05, 0) is 37.0 Å². The highest BCUT2D eigenvalue weighted by molar-refractivity contribution is 9.08. The second-order valence-corrected chi connectivity index (χ2v) is 10.3. The lowest BCUT2D eigenvalue weighted by atomic mass is 9.70. The minimum atomic E-state index is -0.569. The number of nitrogens with two attached hydrogens (primary N) is 1. The zero-order valence-electron chi connectivity index (χ0n) is 20.2. The van der Waals surface area contributed by atoms with Crippen molar-refractivity contribution in [2.24, 2.45) is 11.1 Å². The number of aryl methyl sites for hydroxylation is 1. The Balaban J connectivity index is 1.83. The predicted octanol–water partition coefficient (Wildman–Crippen LogP) is 4.90. The Labute approximate surface area is 208 Å². The molecule has 0 bridgehead atoms. The Bertz CT molecular complexity index is 1280. The van der Waals surface area contributed by atoms with Gasteiger partial charge in [-0.2, -0.15) is 10.4 Å². The van der Waals surface area contributed by atoms with Crippen LogP contribution in [0.2, 0.25) is 0 Å². The summed E-state index contributed by atoms with van der Waals surface area (Å²) in [6.07, 6.45) is 0.989. The summed E-state index contributed by atoms with van der Waals surface area (Å²) < 4.78 is 13.4. The van der Waals surface area contributed by atoms with E-state index in [1.54, 1.807) is 7.11 Å². The average Bonchev–Trinajstić information content (AvgIpc) is 3.03. The summed E-state index contributed by atoms with van der Waals surface area (Å²) in [5, 5.41) is 15.4. The number of allylic oxidation sites excluding steroid dienone is 3. The third kappa shape index (κ3) is 4.14. The summed E-state index contributed by atoms with van der Waals surface area (Å²) in [5.41, 5.74) is 11.7. The van der Waals surface area contributed by atoms with Gasteiger partial charge >= 0.3 is 0 Å². The van der Waals surface area contributed by atoms with Crippen LogP contribution in [0.4, 0.5) is 0 Å². The van der Waals surface area contributed by atoms with Gasteiger partial charge in [-0.3, -0.25) is 9.48 Å². The van der Waals surface area contributed by atoms with Gasteiger partial charge in [0.2, 0.25) is 5.88 Å². The molecule has 0 saturated heterocycles. The Kier molecular flexibility index (Phi) is 6.34. The zero-order valence-corrected chi connectivity index (χ0v) is 21.7. The fraction of sp³-hybridized carbons (Fsp3) is 0.423. The second kappa shape index (κ2) is 8.95. The van der Waals surface area contributed by atoms with Gasteiger partial charge in [0.15, 0.2) is 5.78 Å². The van der Waals surface area contributed by atoms with Gasteiger partial charge in [0.25, 0.3) is 0 Å². The molecule has 1 atom stereocenters. The van der Waals surface area contributed by atoms with Crippen LogP contribution in [0.1, 0.15) is 60.7 Å². The molecule has 0 unspecified atom stereocenters. The Morgan fingerprint density at radius 2 is 2.09 bits per heavy atom. The molecule has 4 rings (SSSR count). The van der Waals surface area contributed by atoms with Crippen LogP contribution in [0, 0.1) is 30.6 Å². The number of nitriles is 1. The van der Waals surface area contributed by atoms with E-state index in [0.29, 0.717) is 36.5 Å². The van der Waals surface area contributed by atoms with Crippen molar-refractivity contribution in [2.45, 2.75) is 58.3 Å². The van der Waals surface area contributed by atoms with E-state index in [9.17, 15) is 10.1 Å². The molecule has 7 nitrogen and oxygen atoms in total. The summed E-state index contributed by atoms with van der Waals surface area (Å²) >= 11 is 3.54. The van der Waals surface area contributed by atoms with Crippen LogP contribution < -0.4 is 10.5 Å². The summed E-state index contributed by atoms with van der Waals surface area (Å²) in [6.45, 7) is 8.60. The van der Waals surface area contributed by atoms with Crippen LogP contribution in [0.5, 0.6) is 5.75 Å². The highest BCUT2D eigenvalue weighted by Gasteiger charge is 2.43. The molecule has 2 aliphatic rings. The molecule has 0 saturated carbocycles. The smallest absolute Gasteiger partial charge is 0.205 e. The fourth-order valence-electron chi connectivity index (χ4n) is 4.96. The topological polar surface area (TPSA) is 103 Å². The van der Waals surface area contributed by atoms with Gasteiger partial charge in [0.05, 0.1) is 25.3 Å². The van der Waals surface area contributed by atoms with Crippen molar-refractivity contribution >= 4 is 21.7 Å². The molecule has 0 radical (unpaired) electrons. The van der Waals surface area contributed by atoms with Crippen molar-refractivity contribution in [1.29, 1.82) is 5.26 Å². The van der Waals surface area contributed by atoms with E-state index >= 15 is 0 Å². The van der Waals surface area contributed by atoms with E-state index in [2.05, 4.69) is 22.0 Å². The molecule has 8 heteroatoms. The summed E-state index contributed by atoms with van der Waals surface area (Å²) in [6, 6.07) is 7.95. The molecule has 1 aromatic heterocycles. The van der Waals surface area contributed by atoms with Crippen LogP contribution in [-0.2, 0) is 21.4 Å². The van der Waals surface area contributed by atoms with Gasteiger partial charge in [-0.25, -0.2) is 0 Å². The van der Waals surface area contributed by atoms with Crippen molar-refractivity contribution in [3.8, 4) is 11.8 Å². The average molecular weight is 525 g/mol. The molecule has 0 amide bonds. The monoisotopic (exact) mass is 524 g/mol. The van der Waals surface area contributed by atoms with E-state index in [4.69, 9.17) is 20.3 Å². The number of carbonyl (C=O) groups is 1. The summed E-state index contributed by atoms with van der Waals surface area (Å²) in [5.74, 6) is 0.773. The first kappa shape index (κ1) is 24.1. The third-order valence-electron chi connectivity index (χ3n) is 6.70. The van der Waals surface area contributed by atoms with Crippen LogP contribution >= 0.6 is 15.9 Å². The number of ether oxygens (including phenoxy) is 2. The van der Waals surface area contributed by atoms with Gasteiger partial charge in [-0.1, -0.05) is 35.8 Å². The van der Waals surface area contributed by atoms with Gasteiger partial charge in [0.1, 0.15) is 23.2 Å². The molecule has 34 heavy (non-hydrogen) atoms. The van der Waals surface area contributed by atoms with Crippen molar-refractivity contribution in [3.05, 3.63) is 69.1 Å². The molecular weight excluding hydrogens is 496 g/mol. The molecule has 1 aromatic carbocycles. The largest absolute Gasteiger partial charge is 0.496 e. The highest BCUT2D eigenvalue weighted by atomic mass is 79.9. The number of Topliss-reactive ketones (excluding diaryl/α,β-unsaturated/α-hetero) is 1. The maximum atomic E-state index is 13.3. The highest BCUT2D eigenvalue weighted by Crippen LogP contribution is 2.48. The second-order valence-electron chi connectivity index (χ2n) is 9.71. The zero-order chi connectivity index (χ0) is 24.8. The van der Waals surface area contributed by atoms with Crippen LogP contribution in [0.15, 0.2) is 41.0 Å². The van der Waals surface area contributed by atoms with Gasteiger partial charge in [0, 0.05) is 40.6 Å². The van der Waals surface area contributed by atoms with E-state index in [1.165, 1.54) is 0 Å². The SMILES string of the molecule is COc1ccc([C@H]2C(C#N)=C(N)OC3=C2C(=O)CC(C)(C)C3)cc1Cn1nc(C)c(CBr)c1C. The molecule has 178 valence electrons. The summed E-state index contributed by atoms with van der Waals surface area (Å²) in [7, 11) is 1.63. The molecule has 2 aromatic rings. The Morgan fingerprint density at radius 1 is 1.35 bits per heavy atom. The maximum absolute atomic E-state index is 13.3. The van der Waals surface area contributed by atoms with E-state index in [1.807, 2.05) is 50.6 Å². The van der Waals surface area contributed by atoms with Crippen LogP contribution in [-0.4, -0.2) is 22.7 Å². The normalized spacial score (nSPS) is 19.6. The number of hydrogen-bond acceptors (Lipinski definition) is 6. The van der Waals surface area contributed by atoms with Crippen molar-refractivity contribution < 1.29 is 14.3 Å². The number of alkyl halides is 1. The third-order valence-corrected chi connectivity index (χ3v) is 7.26. The number of nitrogens with zero attached hydrogens (tertiary/aromatic N) is 3. The number of hydrogen-bond donors (Lipinski definition) is 1. The molecule has 0 spiro atoms. The first-order valence-corrected chi connectivity index (χ1v) is 12.3. The number of halogens is 1. The Hall–Kier alpha value is -3.05. The van der Waals surface area contributed by atoms with Crippen LogP contribution in [0.3, 0.4) is 0 Å². The minimum Gasteiger partial charge on any atom is -0.496 e. The summed E-state index contributed by atoms with van der Waals surface area (Å²) in [4.78, 5) is 13.3. The molecule has 0 fully saturated rings. The van der Waals surface area contributed by atoms with Gasteiger partial charge in [-0.15, -0.1) is 0 Å². The van der Waals surface area contributed by atoms with Crippen LogP contribution in [0.25, 0.3) is 0 Å². The van der Waals surface area contributed by atoms with E-state index in [0.717, 1.165) is 33.4 Å². The van der Waals surface area contributed by atoms with Gasteiger partial charge < -0.3 is 15.2 Å². The molecule has 2 heterocycles. The molecule has 1 aliphatic heterocycles.